The molecule has 0 fully saturated rings. The average Bonchev–Trinajstić information content (AvgIpc) is 3.39. The van der Waals surface area contributed by atoms with E-state index in [1.165, 1.54) is 6.07 Å². The number of phenols is 8. The van der Waals surface area contributed by atoms with Gasteiger partial charge in [-0.1, -0.05) is 114 Å². The Bertz CT molecular complexity index is 2860. The predicted octanol–water partition coefficient (Wildman–Crippen LogP) is 18.2. The Morgan fingerprint density at radius 3 is 1.36 bits per heavy atom. The second-order valence-electron chi connectivity index (χ2n) is 18.5. The summed E-state index contributed by atoms with van der Waals surface area (Å²) in [6.45, 7) is 27.6. The zero-order valence-electron chi connectivity index (χ0n) is 47.2. The van der Waals surface area contributed by atoms with Crippen molar-refractivity contribution in [3.63, 3.8) is 0 Å². The first-order valence-corrected chi connectivity index (χ1v) is 26.3. The molecule has 0 spiro atoms. The maximum absolute atomic E-state index is 9.39. The Kier molecular flexibility index (Phi) is 30.6. The molecule has 0 aliphatic heterocycles. The van der Waals surface area contributed by atoms with Gasteiger partial charge in [-0.2, -0.15) is 0 Å². The molecule has 420 valence electrons. The SMILES string of the molecule is CCCNc1ccc(C)c(O)c1.Cc1c(Cl)ccc(O)c1Cl.Cc1cc(Cl)c(C)cc1O.Cc1ccc(C)c(O)c1.Cc1ccc(C)c(O)c1C.Cc1ccc(N)c(Cl)c1O.Cc1cccc(O)c1.Cc1cccc(O)c1C. The first kappa shape index (κ1) is 68.9. The van der Waals surface area contributed by atoms with Crippen molar-refractivity contribution >= 4 is 57.8 Å². The Balaban J connectivity index is 0.000000447. The zero-order valence-corrected chi connectivity index (χ0v) is 50.2. The summed E-state index contributed by atoms with van der Waals surface area (Å²) in [6, 6.07) is 37.8. The van der Waals surface area contributed by atoms with Gasteiger partial charge in [0.2, 0.25) is 0 Å². The molecule has 0 heterocycles. The molecule has 10 nitrogen and oxygen atoms in total. The van der Waals surface area contributed by atoms with E-state index in [4.69, 9.17) is 77.7 Å². The number of aryl methyl sites for hydroxylation is 10. The van der Waals surface area contributed by atoms with Gasteiger partial charge in [0, 0.05) is 28.3 Å². The van der Waals surface area contributed by atoms with Gasteiger partial charge in [-0.05, 0) is 229 Å². The molecule has 8 aromatic rings. The molecule has 0 unspecified atom stereocenters. The predicted molar refractivity (Wildman–Crippen MR) is 330 cm³/mol. The fourth-order valence-electron chi connectivity index (χ4n) is 6.10. The van der Waals surface area contributed by atoms with Crippen molar-refractivity contribution < 1.29 is 40.9 Å². The lowest BCUT2D eigenvalue weighted by Gasteiger charge is -2.05. The van der Waals surface area contributed by atoms with Crippen molar-refractivity contribution in [3.05, 3.63) is 220 Å². The van der Waals surface area contributed by atoms with E-state index in [9.17, 15) is 15.3 Å². The molecule has 8 aromatic carbocycles. The third-order valence-electron chi connectivity index (χ3n) is 11.8. The van der Waals surface area contributed by atoms with Crippen molar-refractivity contribution in [2.45, 2.75) is 103 Å². The van der Waals surface area contributed by atoms with Crippen LogP contribution in [0.2, 0.25) is 20.1 Å². The van der Waals surface area contributed by atoms with E-state index in [1.807, 2.05) is 137 Å². The first-order valence-electron chi connectivity index (χ1n) is 24.8. The molecule has 0 aliphatic carbocycles. The van der Waals surface area contributed by atoms with E-state index in [1.54, 1.807) is 74.5 Å². The van der Waals surface area contributed by atoms with E-state index >= 15 is 0 Å². The van der Waals surface area contributed by atoms with Crippen LogP contribution in [0.3, 0.4) is 0 Å². The molecule has 0 bridgehead atoms. The first-order chi connectivity index (χ1) is 36.4. The highest BCUT2D eigenvalue weighted by atomic mass is 35.5. The molecule has 0 saturated carbocycles. The van der Waals surface area contributed by atoms with Crippen LogP contribution in [0.25, 0.3) is 0 Å². The highest BCUT2D eigenvalue weighted by Gasteiger charge is 2.06. The van der Waals surface area contributed by atoms with Crippen molar-refractivity contribution in [3.8, 4) is 46.0 Å². The normalized spacial score (nSPS) is 9.72. The Morgan fingerprint density at radius 1 is 0.372 bits per heavy atom. The van der Waals surface area contributed by atoms with Gasteiger partial charge >= 0.3 is 0 Å². The van der Waals surface area contributed by atoms with Crippen LogP contribution in [0.5, 0.6) is 46.0 Å². The second-order valence-corrected chi connectivity index (χ2v) is 20.0. The molecule has 0 atom stereocenters. The van der Waals surface area contributed by atoms with Crippen molar-refractivity contribution in [2.75, 3.05) is 17.6 Å². The number of anilines is 2. The Hall–Kier alpha value is -7.08. The van der Waals surface area contributed by atoms with E-state index < -0.39 is 0 Å². The van der Waals surface area contributed by atoms with Crippen molar-refractivity contribution in [2.24, 2.45) is 0 Å². The topological polar surface area (TPSA) is 200 Å². The van der Waals surface area contributed by atoms with Gasteiger partial charge in [0.05, 0.1) is 10.7 Å². The summed E-state index contributed by atoms with van der Waals surface area (Å²) < 4.78 is 0. The summed E-state index contributed by atoms with van der Waals surface area (Å²) in [6.07, 6.45) is 1.09. The quantitative estimate of drug-likeness (QED) is 0.0760. The molecule has 78 heavy (non-hydrogen) atoms. The number of rotatable bonds is 3. The number of aromatic hydroxyl groups is 8. The monoisotopic (exact) mass is 1140 g/mol. The molecular formula is C64H78Cl4N2O8. The summed E-state index contributed by atoms with van der Waals surface area (Å²) in [7, 11) is 0. The van der Waals surface area contributed by atoms with Crippen LogP contribution in [0, 0.1) is 90.0 Å². The molecule has 11 N–H and O–H groups in total. The summed E-state index contributed by atoms with van der Waals surface area (Å²) in [5.74, 6) is 2.35. The van der Waals surface area contributed by atoms with Crippen LogP contribution in [0.4, 0.5) is 11.4 Å². The van der Waals surface area contributed by atoms with Gasteiger partial charge < -0.3 is 51.9 Å². The van der Waals surface area contributed by atoms with Crippen LogP contribution in [0.15, 0.2) is 127 Å². The maximum atomic E-state index is 9.39. The second kappa shape index (κ2) is 34.6. The number of nitrogen functional groups attached to an aromatic ring is 1. The standard InChI is InChI=1S/C10H15NO.C9H12O.C8H9ClO.2C8H10O.C7H6Cl2O.C7H8ClNO.C7H8O/c1-3-6-11-9-5-4-8(2)10(12)7-9;1-6-4-5-7(2)9(10)8(6)3;1-5-4-8(10)6(2)3-7(5)9;1-6-3-4-7(2)8(9)5-6;1-6-4-3-5-8(9)7(6)2;1-4-5(8)2-3-6(10)7(4)9;1-4-2-3-5(9)6(8)7(4)10;1-6-3-2-4-7(8)5-6/h4-5,7,11-12H,3,6H2,1-2H3;4-5,10H,1-3H3;3-4,10H,1-2H3;2*3-5,9H,1-2H3;2-3,10H,1H3;2-3,10H,9H2,1H3;2-5,8H,1H3. The highest BCUT2D eigenvalue weighted by molar-refractivity contribution is 6.37. The summed E-state index contributed by atoms with van der Waals surface area (Å²) in [5, 5.41) is 78.2. The van der Waals surface area contributed by atoms with E-state index in [0.29, 0.717) is 60.8 Å². The lowest BCUT2D eigenvalue weighted by Crippen LogP contribution is -1.98. The van der Waals surface area contributed by atoms with Crippen LogP contribution in [-0.2, 0) is 0 Å². The van der Waals surface area contributed by atoms with Gasteiger partial charge in [-0.3, -0.25) is 0 Å². The number of nitrogens with one attached hydrogen (secondary N) is 1. The van der Waals surface area contributed by atoms with E-state index in [0.717, 1.165) is 85.4 Å². The zero-order chi connectivity index (χ0) is 59.6. The molecule has 0 radical (unpaired) electrons. The van der Waals surface area contributed by atoms with Crippen LogP contribution in [0.1, 0.15) is 85.7 Å². The lowest BCUT2D eigenvalue weighted by molar-refractivity contribution is 0.466. The fourth-order valence-corrected chi connectivity index (χ4v) is 6.90. The molecule has 0 amide bonds. The summed E-state index contributed by atoms with van der Waals surface area (Å²) in [4.78, 5) is 0. The third kappa shape index (κ3) is 24.5. The molecule has 14 heteroatoms. The number of phenolic OH excluding ortho intramolecular Hbond substituents is 8. The highest BCUT2D eigenvalue weighted by Crippen LogP contribution is 2.33. The number of nitrogens with two attached hydrogens (primary N) is 1. The van der Waals surface area contributed by atoms with Gasteiger partial charge in [0.25, 0.3) is 0 Å². The molecule has 8 rings (SSSR count). The van der Waals surface area contributed by atoms with E-state index in [-0.39, 0.29) is 16.5 Å². The minimum atomic E-state index is 0.0710. The number of hydrogen-bond acceptors (Lipinski definition) is 10. The Morgan fingerprint density at radius 2 is 0.885 bits per heavy atom. The number of halogens is 4. The average molecular weight is 1150 g/mol. The molecule has 0 saturated heterocycles. The smallest absolute Gasteiger partial charge is 0.139 e. The van der Waals surface area contributed by atoms with Crippen LogP contribution in [-0.4, -0.2) is 47.4 Å². The summed E-state index contributed by atoms with van der Waals surface area (Å²) >= 11 is 22.7. The van der Waals surface area contributed by atoms with Crippen molar-refractivity contribution in [1.82, 2.24) is 0 Å². The lowest BCUT2D eigenvalue weighted by atomic mass is 10.1. The summed E-state index contributed by atoms with van der Waals surface area (Å²) in [5.41, 5.74) is 19.2. The van der Waals surface area contributed by atoms with Gasteiger partial charge in [-0.25, -0.2) is 0 Å². The number of benzene rings is 8. The molecule has 0 aromatic heterocycles. The van der Waals surface area contributed by atoms with Gasteiger partial charge in [-0.15, -0.1) is 0 Å². The van der Waals surface area contributed by atoms with Crippen molar-refractivity contribution in [1.29, 1.82) is 0 Å². The minimum absolute atomic E-state index is 0.0710. The van der Waals surface area contributed by atoms with E-state index in [2.05, 4.69) is 12.2 Å². The molecular weight excluding hydrogens is 1070 g/mol. The fraction of sp³-hybridized carbons (Fsp3) is 0.250. The molecule has 0 aliphatic rings. The maximum Gasteiger partial charge on any atom is 0.139 e. The third-order valence-corrected chi connectivity index (χ3v) is 13.4. The number of hydrogen-bond donors (Lipinski definition) is 10. The largest absolute Gasteiger partial charge is 0.508 e. The van der Waals surface area contributed by atoms with Crippen LogP contribution < -0.4 is 11.1 Å². The van der Waals surface area contributed by atoms with Gasteiger partial charge in [0.15, 0.2) is 0 Å². The minimum Gasteiger partial charge on any atom is -0.508 e. The van der Waals surface area contributed by atoms with Gasteiger partial charge in [0.1, 0.15) is 51.0 Å². The van der Waals surface area contributed by atoms with Crippen LogP contribution >= 0.6 is 46.4 Å². The Labute approximate surface area is 482 Å².